The van der Waals surface area contributed by atoms with Crippen molar-refractivity contribution < 1.29 is 10.2 Å². The van der Waals surface area contributed by atoms with E-state index < -0.39 is 0 Å². The van der Waals surface area contributed by atoms with E-state index in [1.807, 2.05) is 44.2 Å². The highest BCUT2D eigenvalue weighted by Crippen LogP contribution is 2.31. The van der Waals surface area contributed by atoms with Crippen LogP contribution in [0.3, 0.4) is 0 Å². The van der Waals surface area contributed by atoms with Gasteiger partial charge in [0.2, 0.25) is 0 Å². The van der Waals surface area contributed by atoms with Crippen LogP contribution >= 0.6 is 0 Å². The van der Waals surface area contributed by atoms with Gasteiger partial charge >= 0.3 is 0 Å². The lowest BCUT2D eigenvalue weighted by Gasteiger charge is -2.16. The molecule has 0 bridgehead atoms. The van der Waals surface area contributed by atoms with Gasteiger partial charge in [-0.1, -0.05) is 30.3 Å². The van der Waals surface area contributed by atoms with Crippen molar-refractivity contribution in [1.29, 1.82) is 0 Å². The number of phenols is 2. The molecule has 2 N–H and O–H groups in total. The zero-order valence-electron chi connectivity index (χ0n) is 11.2. The van der Waals surface area contributed by atoms with E-state index in [1.165, 1.54) is 0 Å². The van der Waals surface area contributed by atoms with Gasteiger partial charge in [0.25, 0.3) is 0 Å². The summed E-state index contributed by atoms with van der Waals surface area (Å²) in [5.74, 6) is 0.653. The minimum Gasteiger partial charge on any atom is -0.508 e. The fourth-order valence-electron chi connectivity index (χ4n) is 2.21. The van der Waals surface area contributed by atoms with Crippen LogP contribution in [0.25, 0.3) is 0 Å². The molecule has 0 aliphatic carbocycles. The smallest absolute Gasteiger partial charge is 0.118 e. The first-order valence-corrected chi connectivity index (χ1v) is 6.24. The quantitative estimate of drug-likeness (QED) is 0.812. The molecule has 98 valence electrons. The van der Waals surface area contributed by atoms with Crippen molar-refractivity contribution >= 4 is 0 Å². The summed E-state index contributed by atoms with van der Waals surface area (Å²) in [5.41, 5.74) is 3.85. The molecule has 0 saturated heterocycles. The van der Waals surface area contributed by atoms with E-state index >= 15 is 0 Å². The van der Waals surface area contributed by atoms with E-state index in [2.05, 4.69) is 6.58 Å². The molecule has 0 spiro atoms. The lowest BCUT2D eigenvalue weighted by atomic mass is 9.89. The molecule has 0 aromatic heterocycles. The maximum Gasteiger partial charge on any atom is 0.118 e. The topological polar surface area (TPSA) is 40.5 Å². The maximum atomic E-state index is 9.59. The number of rotatable bonds is 3. The van der Waals surface area contributed by atoms with E-state index in [-0.39, 0.29) is 5.92 Å². The Morgan fingerprint density at radius 3 is 1.63 bits per heavy atom. The SMILES string of the molecule is C=CC(c1ccc(O)c(C)c1)c1ccc(O)c(C)c1. The number of hydrogen-bond donors (Lipinski definition) is 2. The molecule has 0 heterocycles. The molecule has 2 heteroatoms. The van der Waals surface area contributed by atoms with Crippen molar-refractivity contribution in [2.45, 2.75) is 19.8 Å². The Labute approximate surface area is 113 Å². The number of aromatic hydroxyl groups is 2. The van der Waals surface area contributed by atoms with Crippen LogP contribution in [0.4, 0.5) is 0 Å². The van der Waals surface area contributed by atoms with Crippen LogP contribution in [0.15, 0.2) is 49.1 Å². The Hall–Kier alpha value is -2.22. The van der Waals surface area contributed by atoms with Crippen molar-refractivity contribution in [3.05, 3.63) is 71.3 Å². The third-order valence-electron chi connectivity index (χ3n) is 3.40. The normalized spacial score (nSPS) is 10.7. The molecule has 2 rings (SSSR count). The molecule has 19 heavy (non-hydrogen) atoms. The number of allylic oxidation sites excluding steroid dienone is 1. The first kappa shape index (κ1) is 13.2. The predicted molar refractivity (Wildman–Crippen MR) is 77.7 cm³/mol. The van der Waals surface area contributed by atoms with Crippen LogP contribution < -0.4 is 0 Å². The average Bonchev–Trinajstić information content (AvgIpc) is 2.39. The molecular formula is C17H18O2. The summed E-state index contributed by atoms with van der Waals surface area (Å²) in [6.45, 7) is 7.65. The Balaban J connectivity index is 2.46. The molecule has 0 unspecified atom stereocenters. The highest BCUT2D eigenvalue weighted by atomic mass is 16.3. The number of benzene rings is 2. The van der Waals surface area contributed by atoms with E-state index in [9.17, 15) is 10.2 Å². The number of aryl methyl sites for hydroxylation is 2. The van der Waals surface area contributed by atoms with Crippen LogP contribution in [0.5, 0.6) is 11.5 Å². The molecule has 2 aromatic rings. The summed E-state index contributed by atoms with van der Waals surface area (Å²) in [7, 11) is 0. The van der Waals surface area contributed by atoms with Gasteiger partial charge in [-0.25, -0.2) is 0 Å². The van der Waals surface area contributed by atoms with E-state index in [4.69, 9.17) is 0 Å². The summed E-state index contributed by atoms with van der Waals surface area (Å²) in [4.78, 5) is 0. The summed E-state index contributed by atoms with van der Waals surface area (Å²) >= 11 is 0. The molecule has 0 saturated carbocycles. The van der Waals surface area contributed by atoms with Gasteiger partial charge in [-0.2, -0.15) is 0 Å². The zero-order valence-corrected chi connectivity index (χ0v) is 11.2. The van der Waals surface area contributed by atoms with Crippen molar-refractivity contribution in [3.63, 3.8) is 0 Å². The zero-order chi connectivity index (χ0) is 14.0. The Morgan fingerprint density at radius 2 is 1.32 bits per heavy atom. The molecule has 0 atom stereocenters. The van der Waals surface area contributed by atoms with Crippen LogP contribution in [0.1, 0.15) is 28.2 Å². The molecule has 0 radical (unpaired) electrons. The second-order valence-electron chi connectivity index (χ2n) is 4.81. The first-order valence-electron chi connectivity index (χ1n) is 6.24. The summed E-state index contributed by atoms with van der Waals surface area (Å²) in [6.07, 6.45) is 1.87. The molecule has 2 aromatic carbocycles. The molecule has 0 amide bonds. The molecule has 0 aliphatic heterocycles. The average molecular weight is 254 g/mol. The third kappa shape index (κ3) is 2.63. The van der Waals surface area contributed by atoms with Gasteiger partial charge in [-0.15, -0.1) is 6.58 Å². The molecule has 2 nitrogen and oxygen atoms in total. The lowest BCUT2D eigenvalue weighted by molar-refractivity contribution is 0.470. The maximum absolute atomic E-state index is 9.59. The first-order chi connectivity index (χ1) is 9.02. The van der Waals surface area contributed by atoms with Gasteiger partial charge in [0.15, 0.2) is 0 Å². The minimum atomic E-state index is 0.0543. The lowest BCUT2D eigenvalue weighted by Crippen LogP contribution is -1.98. The molecular weight excluding hydrogens is 236 g/mol. The third-order valence-corrected chi connectivity index (χ3v) is 3.40. The molecule has 0 fully saturated rings. The standard InChI is InChI=1S/C17H18O2/c1-4-15(13-5-7-16(18)11(2)9-13)14-6-8-17(19)12(3)10-14/h4-10,15,18-19H,1H2,2-3H3. The largest absolute Gasteiger partial charge is 0.508 e. The fourth-order valence-corrected chi connectivity index (χ4v) is 2.21. The van der Waals surface area contributed by atoms with Crippen LogP contribution in [-0.2, 0) is 0 Å². The van der Waals surface area contributed by atoms with Crippen LogP contribution in [0.2, 0.25) is 0 Å². The van der Waals surface area contributed by atoms with Crippen molar-refractivity contribution in [3.8, 4) is 11.5 Å². The summed E-state index contributed by atoms with van der Waals surface area (Å²) < 4.78 is 0. The molecule has 0 aliphatic rings. The second kappa shape index (κ2) is 5.19. The van der Waals surface area contributed by atoms with Gasteiger partial charge in [0.1, 0.15) is 11.5 Å². The monoisotopic (exact) mass is 254 g/mol. The van der Waals surface area contributed by atoms with Gasteiger partial charge < -0.3 is 10.2 Å². The van der Waals surface area contributed by atoms with E-state index in [0.717, 1.165) is 22.3 Å². The van der Waals surface area contributed by atoms with Crippen molar-refractivity contribution in [2.75, 3.05) is 0 Å². The Kier molecular flexibility index (Phi) is 3.61. The minimum absolute atomic E-state index is 0.0543. The van der Waals surface area contributed by atoms with Gasteiger partial charge in [0, 0.05) is 5.92 Å². The van der Waals surface area contributed by atoms with E-state index in [1.54, 1.807) is 12.1 Å². The number of hydrogen-bond acceptors (Lipinski definition) is 2. The highest BCUT2D eigenvalue weighted by Gasteiger charge is 2.12. The highest BCUT2D eigenvalue weighted by molar-refractivity contribution is 5.45. The van der Waals surface area contributed by atoms with Crippen molar-refractivity contribution in [1.82, 2.24) is 0 Å². The summed E-state index contributed by atoms with van der Waals surface area (Å²) in [5, 5.41) is 19.2. The van der Waals surface area contributed by atoms with Gasteiger partial charge in [0.05, 0.1) is 0 Å². The van der Waals surface area contributed by atoms with E-state index in [0.29, 0.717) is 11.5 Å². The fraction of sp³-hybridized carbons (Fsp3) is 0.176. The summed E-state index contributed by atoms with van der Waals surface area (Å²) in [6, 6.07) is 11.1. The van der Waals surface area contributed by atoms with Gasteiger partial charge in [-0.3, -0.25) is 0 Å². The number of phenolic OH excluding ortho intramolecular Hbond substituents is 2. The predicted octanol–water partition coefficient (Wildman–Crippen LogP) is 4.03. The van der Waals surface area contributed by atoms with Crippen molar-refractivity contribution in [2.24, 2.45) is 0 Å². The van der Waals surface area contributed by atoms with Crippen LogP contribution in [-0.4, -0.2) is 10.2 Å². The van der Waals surface area contributed by atoms with Crippen LogP contribution in [0, 0.1) is 13.8 Å². The Bertz CT molecular complexity index is 563. The Morgan fingerprint density at radius 1 is 0.895 bits per heavy atom. The van der Waals surface area contributed by atoms with Gasteiger partial charge in [-0.05, 0) is 48.2 Å². The second-order valence-corrected chi connectivity index (χ2v) is 4.81.